The first-order chi connectivity index (χ1) is 9.52. The summed E-state index contributed by atoms with van der Waals surface area (Å²) in [7, 11) is 0. The lowest BCUT2D eigenvalue weighted by Crippen LogP contribution is -2.23. The summed E-state index contributed by atoms with van der Waals surface area (Å²) in [6, 6.07) is 10.9. The molecule has 1 unspecified atom stereocenters. The summed E-state index contributed by atoms with van der Waals surface area (Å²) < 4.78 is 14.2. The number of benzene rings is 2. The van der Waals surface area contributed by atoms with E-state index in [-0.39, 0.29) is 11.9 Å². The van der Waals surface area contributed by atoms with Crippen LogP contribution in [0.2, 0.25) is 5.02 Å². The Morgan fingerprint density at radius 3 is 2.50 bits per heavy atom. The number of hydrogen-bond acceptors (Lipinski definition) is 1. The van der Waals surface area contributed by atoms with Crippen LogP contribution in [0, 0.1) is 19.7 Å². The molecule has 0 aliphatic rings. The van der Waals surface area contributed by atoms with E-state index in [4.69, 9.17) is 11.6 Å². The predicted molar refractivity (Wildman–Crippen MR) is 82.8 cm³/mol. The minimum atomic E-state index is -0.274. The molecular weight excluding hydrogens is 273 g/mol. The first kappa shape index (κ1) is 15.0. The van der Waals surface area contributed by atoms with Gasteiger partial charge in [-0.05, 0) is 43.7 Å². The van der Waals surface area contributed by atoms with Crippen molar-refractivity contribution in [3.63, 3.8) is 0 Å². The zero-order valence-corrected chi connectivity index (χ0v) is 12.8. The molecule has 0 radical (unpaired) electrons. The fourth-order valence-corrected chi connectivity index (χ4v) is 2.56. The maximum absolute atomic E-state index is 14.2. The fourth-order valence-electron chi connectivity index (χ4n) is 2.40. The molecule has 0 aliphatic carbocycles. The molecular formula is C17H19ClFN. The van der Waals surface area contributed by atoms with Gasteiger partial charge in [-0.25, -0.2) is 4.39 Å². The van der Waals surface area contributed by atoms with Crippen LogP contribution in [-0.4, -0.2) is 6.54 Å². The normalized spacial score (nSPS) is 12.4. The number of halogens is 2. The van der Waals surface area contributed by atoms with Gasteiger partial charge in [0, 0.05) is 10.6 Å². The lowest BCUT2D eigenvalue weighted by atomic mass is 9.93. The van der Waals surface area contributed by atoms with Crippen molar-refractivity contribution in [3.8, 4) is 0 Å². The molecule has 0 saturated heterocycles. The van der Waals surface area contributed by atoms with Crippen molar-refractivity contribution in [3.05, 3.63) is 69.5 Å². The Bertz CT molecular complexity index is 610. The minimum absolute atomic E-state index is 0.155. The van der Waals surface area contributed by atoms with E-state index in [9.17, 15) is 4.39 Å². The van der Waals surface area contributed by atoms with E-state index in [1.165, 1.54) is 11.6 Å². The Morgan fingerprint density at radius 1 is 1.10 bits per heavy atom. The molecule has 0 spiro atoms. The largest absolute Gasteiger partial charge is 0.306 e. The van der Waals surface area contributed by atoms with Crippen LogP contribution in [0.15, 0.2) is 36.4 Å². The van der Waals surface area contributed by atoms with Gasteiger partial charge in [-0.15, -0.1) is 0 Å². The van der Waals surface area contributed by atoms with Crippen molar-refractivity contribution >= 4 is 11.6 Å². The summed E-state index contributed by atoms with van der Waals surface area (Å²) in [5.41, 5.74) is 4.05. The first-order valence-electron chi connectivity index (χ1n) is 6.78. The highest BCUT2D eigenvalue weighted by molar-refractivity contribution is 6.30. The molecule has 0 amide bonds. The standard InChI is InChI=1S/C17H19ClFN/c1-4-20-17(14-8-7-13(18)10-16(14)19)15-9-11(2)5-6-12(15)3/h5-10,17,20H,4H2,1-3H3. The monoisotopic (exact) mass is 291 g/mol. The Balaban J connectivity index is 2.53. The second kappa shape index (κ2) is 6.38. The van der Waals surface area contributed by atoms with E-state index < -0.39 is 0 Å². The second-order valence-electron chi connectivity index (χ2n) is 5.02. The Labute approximate surface area is 124 Å². The van der Waals surface area contributed by atoms with Crippen molar-refractivity contribution in [1.82, 2.24) is 5.32 Å². The van der Waals surface area contributed by atoms with E-state index in [0.717, 1.165) is 17.7 Å². The van der Waals surface area contributed by atoms with Gasteiger partial charge in [0.05, 0.1) is 6.04 Å². The quantitative estimate of drug-likeness (QED) is 0.853. The maximum atomic E-state index is 14.2. The van der Waals surface area contributed by atoms with Gasteiger partial charge >= 0.3 is 0 Å². The number of aryl methyl sites for hydroxylation is 2. The third-order valence-corrected chi connectivity index (χ3v) is 3.66. The van der Waals surface area contributed by atoms with E-state index in [1.807, 2.05) is 20.8 Å². The van der Waals surface area contributed by atoms with Crippen molar-refractivity contribution in [1.29, 1.82) is 0 Å². The predicted octanol–water partition coefficient (Wildman–Crippen LogP) is 4.79. The molecule has 20 heavy (non-hydrogen) atoms. The Hall–Kier alpha value is -1.38. The van der Waals surface area contributed by atoms with Crippen LogP contribution in [0.25, 0.3) is 0 Å². The zero-order valence-electron chi connectivity index (χ0n) is 12.0. The van der Waals surface area contributed by atoms with Crippen molar-refractivity contribution in [2.45, 2.75) is 26.8 Å². The SMILES string of the molecule is CCNC(c1cc(C)ccc1C)c1ccc(Cl)cc1F. The molecule has 3 heteroatoms. The first-order valence-corrected chi connectivity index (χ1v) is 7.16. The molecule has 0 saturated carbocycles. The topological polar surface area (TPSA) is 12.0 Å². The van der Waals surface area contributed by atoms with Gasteiger partial charge in [0.2, 0.25) is 0 Å². The van der Waals surface area contributed by atoms with Crippen LogP contribution in [-0.2, 0) is 0 Å². The third kappa shape index (κ3) is 3.20. The molecule has 0 aliphatic heterocycles. The minimum Gasteiger partial charge on any atom is -0.306 e. The Morgan fingerprint density at radius 2 is 1.85 bits per heavy atom. The average molecular weight is 292 g/mol. The van der Waals surface area contributed by atoms with Gasteiger partial charge in [0.25, 0.3) is 0 Å². The molecule has 1 nitrogen and oxygen atoms in total. The van der Waals surface area contributed by atoms with Gasteiger partial charge in [0.1, 0.15) is 5.82 Å². The van der Waals surface area contributed by atoms with Crippen LogP contribution in [0.4, 0.5) is 4.39 Å². The summed E-state index contributed by atoms with van der Waals surface area (Å²) in [5.74, 6) is -0.274. The van der Waals surface area contributed by atoms with E-state index in [0.29, 0.717) is 10.6 Å². The number of hydrogen-bond donors (Lipinski definition) is 1. The lowest BCUT2D eigenvalue weighted by Gasteiger charge is -2.22. The van der Waals surface area contributed by atoms with Crippen LogP contribution in [0.5, 0.6) is 0 Å². The van der Waals surface area contributed by atoms with Crippen LogP contribution >= 0.6 is 11.6 Å². The molecule has 0 heterocycles. The van der Waals surface area contributed by atoms with Gasteiger partial charge < -0.3 is 5.32 Å². The fraction of sp³-hybridized carbons (Fsp3) is 0.294. The molecule has 0 bridgehead atoms. The van der Waals surface area contributed by atoms with Crippen LogP contribution < -0.4 is 5.32 Å². The van der Waals surface area contributed by atoms with E-state index >= 15 is 0 Å². The van der Waals surface area contributed by atoms with Crippen LogP contribution in [0.1, 0.15) is 35.2 Å². The molecule has 2 rings (SSSR count). The highest BCUT2D eigenvalue weighted by Gasteiger charge is 2.19. The summed E-state index contributed by atoms with van der Waals surface area (Å²) in [4.78, 5) is 0. The van der Waals surface area contributed by atoms with Gasteiger partial charge in [-0.2, -0.15) is 0 Å². The molecule has 1 N–H and O–H groups in total. The summed E-state index contributed by atoms with van der Waals surface area (Å²) in [5, 5.41) is 3.78. The maximum Gasteiger partial charge on any atom is 0.129 e. The van der Waals surface area contributed by atoms with E-state index in [2.05, 4.69) is 23.5 Å². The van der Waals surface area contributed by atoms with Gasteiger partial charge in [-0.3, -0.25) is 0 Å². The molecule has 0 fully saturated rings. The smallest absolute Gasteiger partial charge is 0.129 e. The Kier molecular flexibility index (Phi) is 4.79. The number of nitrogens with one attached hydrogen (secondary N) is 1. The third-order valence-electron chi connectivity index (χ3n) is 3.43. The summed E-state index contributed by atoms with van der Waals surface area (Å²) in [6.45, 7) is 6.88. The zero-order chi connectivity index (χ0) is 14.7. The van der Waals surface area contributed by atoms with E-state index in [1.54, 1.807) is 12.1 Å². The molecule has 2 aromatic rings. The van der Waals surface area contributed by atoms with Crippen molar-refractivity contribution < 1.29 is 4.39 Å². The number of rotatable bonds is 4. The molecule has 2 aromatic carbocycles. The van der Waals surface area contributed by atoms with Crippen molar-refractivity contribution in [2.24, 2.45) is 0 Å². The summed E-state index contributed by atoms with van der Waals surface area (Å²) in [6.07, 6.45) is 0. The molecule has 1 atom stereocenters. The highest BCUT2D eigenvalue weighted by atomic mass is 35.5. The van der Waals surface area contributed by atoms with Gasteiger partial charge in [-0.1, -0.05) is 48.4 Å². The van der Waals surface area contributed by atoms with Gasteiger partial charge in [0.15, 0.2) is 0 Å². The summed E-state index contributed by atoms with van der Waals surface area (Å²) >= 11 is 5.84. The average Bonchev–Trinajstić information content (AvgIpc) is 2.40. The highest BCUT2D eigenvalue weighted by Crippen LogP contribution is 2.29. The van der Waals surface area contributed by atoms with Crippen molar-refractivity contribution in [2.75, 3.05) is 6.54 Å². The second-order valence-corrected chi connectivity index (χ2v) is 5.45. The molecule has 106 valence electrons. The molecule has 0 aromatic heterocycles. The lowest BCUT2D eigenvalue weighted by molar-refractivity contribution is 0.557. The van der Waals surface area contributed by atoms with Crippen LogP contribution in [0.3, 0.4) is 0 Å².